The molecule has 1 aliphatic rings. The summed E-state index contributed by atoms with van der Waals surface area (Å²) in [5.74, 6) is -0.449. The van der Waals surface area contributed by atoms with E-state index >= 15 is 0 Å². The summed E-state index contributed by atoms with van der Waals surface area (Å²) < 4.78 is 18.9. The third kappa shape index (κ3) is 4.30. The van der Waals surface area contributed by atoms with Gasteiger partial charge in [0.15, 0.2) is 0 Å². The molecule has 1 saturated heterocycles. The third-order valence-corrected chi connectivity index (χ3v) is 4.06. The molecule has 2 aromatic rings. The molecule has 0 atom stereocenters. The summed E-state index contributed by atoms with van der Waals surface area (Å²) in [5.41, 5.74) is 1.35. The molecule has 5 nitrogen and oxygen atoms in total. The molecule has 7 heteroatoms. The smallest absolute Gasteiger partial charge is 0.316 e. The zero-order valence-electron chi connectivity index (χ0n) is 12.8. The van der Waals surface area contributed by atoms with E-state index in [2.05, 4.69) is 27.2 Å². The van der Waals surface area contributed by atoms with Crippen LogP contribution in [0.2, 0.25) is 5.02 Å². The van der Waals surface area contributed by atoms with Gasteiger partial charge in [-0.25, -0.2) is 14.4 Å². The first-order valence-corrected chi connectivity index (χ1v) is 7.87. The number of piperidine rings is 1. The van der Waals surface area contributed by atoms with E-state index in [4.69, 9.17) is 16.3 Å². The van der Waals surface area contributed by atoms with E-state index in [0.717, 1.165) is 25.9 Å². The quantitative estimate of drug-likeness (QED) is 0.926. The fraction of sp³-hybridized carbons (Fsp3) is 0.375. The summed E-state index contributed by atoms with van der Waals surface area (Å²) in [5, 5.41) is 3.14. The highest BCUT2D eigenvalue weighted by molar-refractivity contribution is 6.31. The van der Waals surface area contributed by atoms with Crippen LogP contribution in [0.4, 0.5) is 15.8 Å². The molecule has 2 heterocycles. The molecule has 1 N–H and O–H groups in total. The van der Waals surface area contributed by atoms with Gasteiger partial charge in [-0.2, -0.15) is 0 Å². The lowest BCUT2D eigenvalue weighted by Crippen LogP contribution is -2.35. The van der Waals surface area contributed by atoms with Crippen molar-refractivity contribution in [2.24, 2.45) is 0 Å². The van der Waals surface area contributed by atoms with Crippen LogP contribution in [-0.2, 0) is 0 Å². The van der Waals surface area contributed by atoms with Gasteiger partial charge in [0, 0.05) is 18.8 Å². The largest absolute Gasteiger partial charge is 0.460 e. The summed E-state index contributed by atoms with van der Waals surface area (Å²) in [6.07, 6.45) is 5.39. The Morgan fingerprint density at radius 2 is 1.91 bits per heavy atom. The summed E-state index contributed by atoms with van der Waals surface area (Å²) in [4.78, 5) is 10.7. The van der Waals surface area contributed by atoms with E-state index in [0.29, 0.717) is 17.4 Å². The number of aromatic nitrogens is 2. The minimum Gasteiger partial charge on any atom is -0.460 e. The number of hydrogen-bond acceptors (Lipinski definition) is 5. The Hall–Kier alpha value is -1.92. The lowest BCUT2D eigenvalue weighted by molar-refractivity contribution is 0.105. The number of hydrogen-bond donors (Lipinski definition) is 1. The van der Waals surface area contributed by atoms with E-state index in [9.17, 15) is 4.39 Å². The molecular weight excluding hydrogens is 319 g/mol. The van der Waals surface area contributed by atoms with Crippen LogP contribution in [0.3, 0.4) is 0 Å². The zero-order valence-corrected chi connectivity index (χ0v) is 13.6. The van der Waals surface area contributed by atoms with Gasteiger partial charge in [-0.15, -0.1) is 0 Å². The summed E-state index contributed by atoms with van der Waals surface area (Å²) >= 11 is 5.75. The molecule has 0 saturated carbocycles. The summed E-state index contributed by atoms with van der Waals surface area (Å²) in [7, 11) is 2.11. The summed E-state index contributed by atoms with van der Waals surface area (Å²) in [6, 6.07) is 4.80. The Morgan fingerprint density at radius 3 is 2.57 bits per heavy atom. The zero-order chi connectivity index (χ0) is 16.2. The molecule has 1 aromatic heterocycles. The number of benzene rings is 1. The maximum Gasteiger partial charge on any atom is 0.316 e. The highest BCUT2D eigenvalue weighted by Crippen LogP contribution is 2.23. The number of ether oxygens (including phenoxy) is 1. The number of nitrogens with one attached hydrogen (secondary N) is 1. The van der Waals surface area contributed by atoms with E-state index in [1.165, 1.54) is 12.1 Å². The van der Waals surface area contributed by atoms with Crippen molar-refractivity contribution in [3.05, 3.63) is 41.4 Å². The van der Waals surface area contributed by atoms with Crippen molar-refractivity contribution in [3.63, 3.8) is 0 Å². The molecule has 0 radical (unpaired) electrons. The van der Waals surface area contributed by atoms with Crippen molar-refractivity contribution >= 4 is 23.0 Å². The molecule has 122 valence electrons. The van der Waals surface area contributed by atoms with Crippen molar-refractivity contribution in [3.8, 4) is 6.01 Å². The molecule has 0 amide bonds. The SMILES string of the molecule is CN1CCC(Oc2ncc(Nc3ccc(F)c(Cl)c3)cn2)CC1. The van der Waals surface area contributed by atoms with Gasteiger partial charge in [-0.05, 0) is 38.1 Å². The van der Waals surface area contributed by atoms with Crippen LogP contribution < -0.4 is 10.1 Å². The van der Waals surface area contributed by atoms with Gasteiger partial charge in [0.1, 0.15) is 11.9 Å². The van der Waals surface area contributed by atoms with Gasteiger partial charge in [0.25, 0.3) is 0 Å². The van der Waals surface area contributed by atoms with Crippen molar-refractivity contribution in [2.45, 2.75) is 18.9 Å². The van der Waals surface area contributed by atoms with Crippen molar-refractivity contribution in [1.82, 2.24) is 14.9 Å². The van der Waals surface area contributed by atoms with E-state index in [1.54, 1.807) is 18.5 Å². The molecular formula is C16H18ClFN4O. The first-order chi connectivity index (χ1) is 11.1. The van der Waals surface area contributed by atoms with Crippen LogP contribution in [0.1, 0.15) is 12.8 Å². The molecule has 1 aliphatic heterocycles. The molecule has 23 heavy (non-hydrogen) atoms. The van der Waals surface area contributed by atoms with Crippen molar-refractivity contribution in [1.29, 1.82) is 0 Å². The highest BCUT2D eigenvalue weighted by Gasteiger charge is 2.18. The van der Waals surface area contributed by atoms with E-state index in [1.807, 2.05) is 0 Å². The number of rotatable bonds is 4. The number of nitrogens with zero attached hydrogens (tertiary/aromatic N) is 3. The van der Waals surface area contributed by atoms with Crippen LogP contribution in [0.15, 0.2) is 30.6 Å². The minimum atomic E-state index is -0.449. The lowest BCUT2D eigenvalue weighted by Gasteiger charge is -2.28. The van der Waals surface area contributed by atoms with E-state index in [-0.39, 0.29) is 11.1 Å². The van der Waals surface area contributed by atoms with Gasteiger partial charge in [0.2, 0.25) is 0 Å². The third-order valence-electron chi connectivity index (χ3n) is 3.77. The average molecular weight is 337 g/mol. The predicted molar refractivity (Wildman–Crippen MR) is 87.9 cm³/mol. The Balaban J connectivity index is 1.59. The second-order valence-corrected chi connectivity index (χ2v) is 6.04. The molecule has 1 aromatic carbocycles. The van der Waals surface area contributed by atoms with Crippen LogP contribution in [0.5, 0.6) is 6.01 Å². The van der Waals surface area contributed by atoms with Crippen LogP contribution in [0.25, 0.3) is 0 Å². The molecule has 0 aliphatic carbocycles. The van der Waals surface area contributed by atoms with Gasteiger partial charge in [0.05, 0.1) is 23.1 Å². The van der Waals surface area contributed by atoms with Crippen LogP contribution in [-0.4, -0.2) is 41.1 Å². The Kier molecular flexibility index (Phi) is 4.93. The minimum absolute atomic E-state index is 0.0677. The Bertz CT molecular complexity index is 660. The molecule has 0 spiro atoms. The lowest BCUT2D eigenvalue weighted by atomic mass is 10.1. The number of anilines is 2. The molecule has 1 fully saturated rings. The highest BCUT2D eigenvalue weighted by atomic mass is 35.5. The topological polar surface area (TPSA) is 50.3 Å². The monoisotopic (exact) mass is 336 g/mol. The van der Waals surface area contributed by atoms with Crippen molar-refractivity contribution in [2.75, 3.05) is 25.5 Å². The maximum atomic E-state index is 13.1. The van der Waals surface area contributed by atoms with E-state index < -0.39 is 5.82 Å². The fourth-order valence-electron chi connectivity index (χ4n) is 2.43. The van der Waals surface area contributed by atoms with Gasteiger partial charge in [-0.1, -0.05) is 11.6 Å². The van der Waals surface area contributed by atoms with Gasteiger partial charge in [-0.3, -0.25) is 0 Å². The average Bonchev–Trinajstić information content (AvgIpc) is 2.55. The fourth-order valence-corrected chi connectivity index (χ4v) is 2.61. The maximum absolute atomic E-state index is 13.1. The Morgan fingerprint density at radius 1 is 1.22 bits per heavy atom. The van der Waals surface area contributed by atoms with Gasteiger partial charge >= 0.3 is 6.01 Å². The van der Waals surface area contributed by atoms with Crippen molar-refractivity contribution < 1.29 is 9.13 Å². The standard InChI is InChI=1S/C16H18ClFN4O/c1-22-6-4-13(5-7-22)23-16-19-9-12(10-20-16)21-11-2-3-15(18)14(17)8-11/h2-3,8-10,13,21H,4-7H2,1H3. The predicted octanol–water partition coefficient (Wildman–Crippen LogP) is 3.49. The second kappa shape index (κ2) is 7.10. The van der Waals surface area contributed by atoms with Gasteiger partial charge < -0.3 is 15.0 Å². The summed E-state index contributed by atoms with van der Waals surface area (Å²) in [6.45, 7) is 2.05. The second-order valence-electron chi connectivity index (χ2n) is 5.63. The molecule has 3 rings (SSSR count). The molecule has 0 unspecified atom stereocenters. The number of halogens is 2. The normalized spacial score (nSPS) is 16.3. The first-order valence-electron chi connectivity index (χ1n) is 7.49. The molecule has 0 bridgehead atoms. The Labute approximate surface area is 139 Å². The van der Waals surface area contributed by atoms with Crippen LogP contribution >= 0.6 is 11.6 Å². The number of likely N-dealkylation sites (tertiary alicyclic amines) is 1. The first kappa shape index (κ1) is 16.0. The van der Waals surface area contributed by atoms with Crippen LogP contribution in [0, 0.1) is 5.82 Å².